The van der Waals surface area contributed by atoms with Crippen LogP contribution < -0.4 is 4.57 Å². The number of aromatic nitrogens is 1. The molecular weight excluding hydrogens is 398 g/mol. The number of thiophene rings is 2. The molecule has 0 aromatic carbocycles. The summed E-state index contributed by atoms with van der Waals surface area (Å²) in [5.41, 5.74) is 2.34. The summed E-state index contributed by atoms with van der Waals surface area (Å²) in [4.78, 5) is 15.5. The lowest BCUT2D eigenvalue weighted by atomic mass is 9.95. The van der Waals surface area contributed by atoms with Crippen LogP contribution in [0.25, 0.3) is 0 Å². The van der Waals surface area contributed by atoms with Crippen LogP contribution in [0.15, 0.2) is 64.7 Å². The van der Waals surface area contributed by atoms with Gasteiger partial charge in [0.1, 0.15) is 0 Å². The van der Waals surface area contributed by atoms with Crippen molar-refractivity contribution >= 4 is 34.3 Å². The van der Waals surface area contributed by atoms with Gasteiger partial charge in [-0.15, -0.1) is 22.7 Å². The number of nitrogens with zero attached hydrogens (tertiary/aromatic N) is 3. The van der Waals surface area contributed by atoms with Crippen molar-refractivity contribution < 1.29 is 9.36 Å². The Bertz CT molecular complexity index is 958. The standard InChI is InChI=1S/C23H26N3OS2/c1-3-17(4-2)18-9-11-25(12-10-18)16-23(27)26-20(22-8-6-14-29-22)15-19(24-26)21-7-5-13-28-21/h5-14,17,20H,3-4,15-16H2,1-2H3/q+1/t20-/m0/s1. The summed E-state index contributed by atoms with van der Waals surface area (Å²) in [5, 5.41) is 10.6. The molecule has 1 aliphatic heterocycles. The zero-order valence-electron chi connectivity index (χ0n) is 16.8. The highest BCUT2D eigenvalue weighted by molar-refractivity contribution is 7.12. The predicted molar refractivity (Wildman–Crippen MR) is 119 cm³/mol. The summed E-state index contributed by atoms with van der Waals surface area (Å²) in [6.45, 7) is 4.74. The number of rotatable bonds is 7. The molecule has 0 unspecified atom stereocenters. The van der Waals surface area contributed by atoms with Gasteiger partial charge in [0.15, 0.2) is 12.4 Å². The molecule has 0 aliphatic carbocycles. The lowest BCUT2D eigenvalue weighted by Gasteiger charge is -2.19. The van der Waals surface area contributed by atoms with Gasteiger partial charge in [-0.05, 0) is 47.2 Å². The lowest BCUT2D eigenvalue weighted by Crippen LogP contribution is -2.42. The van der Waals surface area contributed by atoms with E-state index < -0.39 is 0 Å². The molecule has 1 aliphatic rings. The van der Waals surface area contributed by atoms with Gasteiger partial charge in [-0.1, -0.05) is 26.0 Å². The first kappa shape index (κ1) is 20.0. The molecule has 4 rings (SSSR count). The van der Waals surface area contributed by atoms with Crippen molar-refractivity contribution in [3.05, 3.63) is 74.9 Å². The third kappa shape index (κ3) is 4.33. The molecule has 0 saturated carbocycles. The highest BCUT2D eigenvalue weighted by Gasteiger charge is 2.35. The molecule has 4 nitrogen and oxygen atoms in total. The maximum Gasteiger partial charge on any atom is 0.309 e. The Hall–Kier alpha value is -2.31. The van der Waals surface area contributed by atoms with Crippen molar-refractivity contribution in [2.75, 3.05) is 0 Å². The highest BCUT2D eigenvalue weighted by Crippen LogP contribution is 2.35. The number of carbonyl (C=O) groups excluding carboxylic acids is 1. The molecule has 0 spiro atoms. The normalized spacial score (nSPS) is 16.4. The fraction of sp³-hybridized carbons (Fsp3) is 0.348. The summed E-state index contributed by atoms with van der Waals surface area (Å²) in [5.74, 6) is 0.607. The number of pyridine rings is 1. The van der Waals surface area contributed by atoms with E-state index in [1.165, 1.54) is 10.4 Å². The van der Waals surface area contributed by atoms with Crippen molar-refractivity contribution in [2.24, 2.45) is 5.10 Å². The predicted octanol–water partition coefficient (Wildman–Crippen LogP) is 5.38. The topological polar surface area (TPSA) is 36.5 Å². The molecule has 6 heteroatoms. The smallest absolute Gasteiger partial charge is 0.265 e. The molecule has 1 amide bonds. The van der Waals surface area contributed by atoms with E-state index in [2.05, 4.69) is 48.9 Å². The number of carbonyl (C=O) groups is 1. The number of amides is 1. The first-order valence-electron chi connectivity index (χ1n) is 10.1. The molecule has 3 aromatic heterocycles. The van der Waals surface area contributed by atoms with Gasteiger partial charge >= 0.3 is 5.91 Å². The molecule has 150 valence electrons. The SMILES string of the molecule is CCC(CC)c1cc[n+](CC(=O)N2N=C(c3cccs3)C[C@H]2c2cccs2)cc1. The van der Waals surface area contributed by atoms with Gasteiger partial charge in [-0.3, -0.25) is 4.79 Å². The first-order valence-corrected chi connectivity index (χ1v) is 11.9. The second-order valence-electron chi connectivity index (χ2n) is 7.31. The van der Waals surface area contributed by atoms with Crippen molar-refractivity contribution in [1.29, 1.82) is 0 Å². The lowest BCUT2D eigenvalue weighted by molar-refractivity contribution is -0.685. The largest absolute Gasteiger partial charge is 0.309 e. The van der Waals surface area contributed by atoms with Gasteiger partial charge in [0.25, 0.3) is 0 Å². The molecule has 1 atom stereocenters. The van der Waals surface area contributed by atoms with Crippen LogP contribution in [-0.2, 0) is 11.3 Å². The molecule has 0 radical (unpaired) electrons. The van der Waals surface area contributed by atoms with Crippen LogP contribution in [0.5, 0.6) is 0 Å². The second kappa shape index (κ2) is 9.01. The van der Waals surface area contributed by atoms with E-state index in [4.69, 9.17) is 5.10 Å². The Balaban J connectivity index is 1.53. The van der Waals surface area contributed by atoms with Crippen molar-refractivity contribution in [3.63, 3.8) is 0 Å². The van der Waals surface area contributed by atoms with Crippen LogP contribution in [0.3, 0.4) is 0 Å². The van der Waals surface area contributed by atoms with Crippen LogP contribution >= 0.6 is 22.7 Å². The maximum atomic E-state index is 13.2. The molecule has 29 heavy (non-hydrogen) atoms. The van der Waals surface area contributed by atoms with Crippen molar-refractivity contribution in [2.45, 2.75) is 51.6 Å². The van der Waals surface area contributed by atoms with E-state index in [9.17, 15) is 4.79 Å². The van der Waals surface area contributed by atoms with Gasteiger partial charge in [0.2, 0.25) is 6.54 Å². The summed E-state index contributed by atoms with van der Waals surface area (Å²) in [6, 6.07) is 12.5. The average molecular weight is 425 g/mol. The Morgan fingerprint density at radius 1 is 1.14 bits per heavy atom. The van der Waals surface area contributed by atoms with E-state index in [1.807, 2.05) is 29.1 Å². The fourth-order valence-electron chi connectivity index (χ4n) is 3.87. The quantitative estimate of drug-likeness (QED) is 0.469. The Labute approximate surface area is 180 Å². The third-order valence-electron chi connectivity index (χ3n) is 5.53. The van der Waals surface area contributed by atoms with Crippen molar-refractivity contribution in [3.8, 4) is 0 Å². The van der Waals surface area contributed by atoms with Gasteiger partial charge < -0.3 is 0 Å². The zero-order chi connectivity index (χ0) is 20.2. The highest BCUT2D eigenvalue weighted by atomic mass is 32.1. The Kier molecular flexibility index (Phi) is 6.21. The molecular formula is C23H26N3OS2+. The van der Waals surface area contributed by atoms with Crippen LogP contribution in [0.2, 0.25) is 0 Å². The fourth-order valence-corrected chi connectivity index (χ4v) is 5.40. The zero-order valence-corrected chi connectivity index (χ0v) is 18.5. The number of hydrazone groups is 1. The molecule has 4 heterocycles. The Morgan fingerprint density at radius 2 is 1.86 bits per heavy atom. The van der Waals surface area contributed by atoms with E-state index >= 15 is 0 Å². The minimum atomic E-state index is -0.0102. The average Bonchev–Trinajstić information content (AvgIpc) is 3.50. The molecule has 3 aromatic rings. The van der Waals surface area contributed by atoms with Crippen molar-refractivity contribution in [1.82, 2.24) is 5.01 Å². The van der Waals surface area contributed by atoms with E-state index in [0.717, 1.165) is 29.9 Å². The van der Waals surface area contributed by atoms with Gasteiger partial charge in [0.05, 0.1) is 16.6 Å². The summed E-state index contributed by atoms with van der Waals surface area (Å²) < 4.78 is 1.96. The molecule has 0 fully saturated rings. The van der Waals surface area contributed by atoms with Gasteiger partial charge in [-0.2, -0.15) is 9.67 Å². The van der Waals surface area contributed by atoms with Crippen LogP contribution in [-0.4, -0.2) is 16.6 Å². The first-order chi connectivity index (χ1) is 14.2. The van der Waals surface area contributed by atoms with Gasteiger partial charge in [-0.25, -0.2) is 5.01 Å². The molecule has 0 saturated heterocycles. The second-order valence-corrected chi connectivity index (χ2v) is 9.24. The summed E-state index contributed by atoms with van der Waals surface area (Å²) >= 11 is 3.36. The van der Waals surface area contributed by atoms with E-state index in [1.54, 1.807) is 27.7 Å². The summed E-state index contributed by atoms with van der Waals surface area (Å²) in [6.07, 6.45) is 7.08. The monoisotopic (exact) mass is 424 g/mol. The minimum absolute atomic E-state index is 0.0102. The number of hydrogen-bond acceptors (Lipinski definition) is 4. The molecule has 0 N–H and O–H groups in total. The number of hydrogen-bond donors (Lipinski definition) is 0. The minimum Gasteiger partial charge on any atom is -0.265 e. The van der Waals surface area contributed by atoms with Gasteiger partial charge in [0, 0.05) is 23.4 Å². The summed E-state index contributed by atoms with van der Waals surface area (Å²) in [7, 11) is 0. The van der Waals surface area contributed by atoms with Crippen LogP contribution in [0.4, 0.5) is 0 Å². The molecule has 0 bridgehead atoms. The Morgan fingerprint density at radius 3 is 2.48 bits per heavy atom. The maximum absolute atomic E-state index is 13.2. The van der Waals surface area contributed by atoms with E-state index in [0.29, 0.717) is 12.5 Å². The van der Waals surface area contributed by atoms with E-state index in [-0.39, 0.29) is 11.9 Å². The van der Waals surface area contributed by atoms with Crippen LogP contribution in [0, 0.1) is 0 Å². The third-order valence-corrected chi connectivity index (χ3v) is 7.43. The van der Waals surface area contributed by atoms with Crippen LogP contribution in [0.1, 0.15) is 60.4 Å².